The van der Waals surface area contributed by atoms with Crippen molar-refractivity contribution in [1.82, 2.24) is 9.73 Å². The minimum Gasteiger partial charge on any atom is -0.493 e. The molecule has 1 aromatic rings. The highest BCUT2D eigenvalue weighted by Crippen LogP contribution is 2.30. The molecule has 2 atom stereocenters. The highest BCUT2D eigenvalue weighted by atomic mass is 32.2. The SMILES string of the molecule is C[C@@H](NS(=O)(=O)CC/C=C/CC1CCC(=O)N(N)C1=O)c1cccc(OCC2CC2)c1. The first-order valence-corrected chi connectivity index (χ1v) is 12.4. The van der Waals surface area contributed by atoms with Gasteiger partial charge in [-0.05, 0) is 62.6 Å². The number of hydrogen-bond donors (Lipinski definition) is 2. The maximum Gasteiger partial charge on any atom is 0.246 e. The van der Waals surface area contributed by atoms with Gasteiger partial charge in [0.2, 0.25) is 21.8 Å². The molecule has 0 aromatic heterocycles. The number of nitrogens with one attached hydrogen (secondary N) is 1. The summed E-state index contributed by atoms with van der Waals surface area (Å²) in [6.45, 7) is 2.52. The minimum atomic E-state index is -3.47. The summed E-state index contributed by atoms with van der Waals surface area (Å²) >= 11 is 0. The van der Waals surface area contributed by atoms with E-state index in [1.54, 1.807) is 12.2 Å². The molecule has 0 radical (unpaired) electrons. The van der Waals surface area contributed by atoms with Crippen LogP contribution in [-0.2, 0) is 19.6 Å². The number of sulfonamides is 1. The number of hydrogen-bond acceptors (Lipinski definition) is 6. The van der Waals surface area contributed by atoms with Crippen LogP contribution in [0.5, 0.6) is 5.75 Å². The van der Waals surface area contributed by atoms with Crippen LogP contribution >= 0.6 is 0 Å². The van der Waals surface area contributed by atoms with Crippen LogP contribution in [-0.4, -0.2) is 37.6 Å². The van der Waals surface area contributed by atoms with Gasteiger partial charge in [-0.25, -0.2) is 24.0 Å². The van der Waals surface area contributed by atoms with Crippen molar-refractivity contribution in [1.29, 1.82) is 0 Å². The van der Waals surface area contributed by atoms with Crippen LogP contribution in [0.4, 0.5) is 0 Å². The summed E-state index contributed by atoms with van der Waals surface area (Å²) in [7, 11) is -3.47. The molecular weight excluding hydrogens is 418 g/mol. The number of allylic oxidation sites excluding steroid dienone is 2. The number of hydrazine groups is 1. The smallest absolute Gasteiger partial charge is 0.246 e. The van der Waals surface area contributed by atoms with Crippen molar-refractivity contribution < 1.29 is 22.7 Å². The number of imide groups is 1. The Bertz CT molecular complexity index is 927. The first kappa shape index (κ1) is 23.4. The Kier molecular flexibility index (Phi) is 7.85. The number of carbonyl (C=O) groups is 2. The molecular formula is C22H31N3O5S. The standard InChI is InChI=1S/C22H31N3O5S/c1-16(19-7-5-8-20(14-19)30-15-17-9-10-17)24-31(28,29)13-4-2-3-6-18-11-12-21(26)25(23)22(18)27/h2-3,5,7-8,14,16-18,24H,4,6,9-13,15,23H2,1H3/b3-2+/t16-,18?/m1/s1. The Morgan fingerprint density at radius 1 is 1.26 bits per heavy atom. The van der Waals surface area contributed by atoms with Crippen LogP contribution in [0.1, 0.15) is 57.1 Å². The van der Waals surface area contributed by atoms with Crippen molar-refractivity contribution in [3.05, 3.63) is 42.0 Å². The molecule has 2 fully saturated rings. The lowest BCUT2D eigenvalue weighted by atomic mass is 9.94. The Hall–Kier alpha value is -2.23. The number of ether oxygens (including phenoxy) is 1. The number of nitrogens with two attached hydrogens (primary N) is 1. The average molecular weight is 450 g/mol. The lowest BCUT2D eigenvalue weighted by Crippen LogP contribution is -2.49. The van der Waals surface area contributed by atoms with E-state index in [1.807, 2.05) is 31.2 Å². The third-order valence-corrected chi connectivity index (χ3v) is 7.09. The minimum absolute atomic E-state index is 0.0498. The van der Waals surface area contributed by atoms with Crippen LogP contribution in [0.2, 0.25) is 0 Å². The molecule has 2 aliphatic rings. The Morgan fingerprint density at radius 3 is 2.77 bits per heavy atom. The number of benzene rings is 1. The summed E-state index contributed by atoms with van der Waals surface area (Å²) in [4.78, 5) is 23.3. The second-order valence-corrected chi connectivity index (χ2v) is 10.2. The van der Waals surface area contributed by atoms with Crippen molar-refractivity contribution in [2.75, 3.05) is 12.4 Å². The molecule has 0 spiro atoms. The van der Waals surface area contributed by atoms with E-state index in [4.69, 9.17) is 10.6 Å². The predicted molar refractivity (Wildman–Crippen MR) is 117 cm³/mol. The van der Waals surface area contributed by atoms with Gasteiger partial charge in [0.05, 0.1) is 12.4 Å². The number of nitrogens with zero attached hydrogens (tertiary/aromatic N) is 1. The van der Waals surface area contributed by atoms with Crippen molar-refractivity contribution in [3.63, 3.8) is 0 Å². The van der Waals surface area contributed by atoms with Gasteiger partial charge in [-0.2, -0.15) is 0 Å². The molecule has 3 N–H and O–H groups in total. The van der Waals surface area contributed by atoms with Gasteiger partial charge in [0.25, 0.3) is 0 Å². The van der Waals surface area contributed by atoms with E-state index >= 15 is 0 Å². The largest absolute Gasteiger partial charge is 0.493 e. The fraction of sp³-hybridized carbons (Fsp3) is 0.545. The number of amides is 2. The van der Waals surface area contributed by atoms with Crippen LogP contribution in [0, 0.1) is 11.8 Å². The van der Waals surface area contributed by atoms with Crippen molar-refractivity contribution in [3.8, 4) is 5.75 Å². The number of carbonyl (C=O) groups excluding carboxylic acids is 2. The molecule has 9 heteroatoms. The maximum atomic E-state index is 12.4. The zero-order chi connectivity index (χ0) is 22.4. The number of piperidine rings is 1. The van der Waals surface area contributed by atoms with Gasteiger partial charge in [0, 0.05) is 18.4 Å². The Morgan fingerprint density at radius 2 is 2.03 bits per heavy atom. The van der Waals surface area contributed by atoms with Crippen LogP contribution in [0.15, 0.2) is 36.4 Å². The average Bonchev–Trinajstić information content (AvgIpc) is 3.56. The fourth-order valence-electron chi connectivity index (χ4n) is 3.45. The first-order valence-electron chi connectivity index (χ1n) is 10.7. The topological polar surface area (TPSA) is 119 Å². The van der Waals surface area contributed by atoms with E-state index in [9.17, 15) is 18.0 Å². The molecule has 0 bridgehead atoms. The highest BCUT2D eigenvalue weighted by molar-refractivity contribution is 7.89. The lowest BCUT2D eigenvalue weighted by molar-refractivity contribution is -0.151. The second-order valence-electron chi connectivity index (χ2n) is 8.32. The zero-order valence-electron chi connectivity index (χ0n) is 17.8. The first-order chi connectivity index (χ1) is 14.7. The third kappa shape index (κ3) is 7.15. The molecule has 1 heterocycles. The summed E-state index contributed by atoms with van der Waals surface area (Å²) < 4.78 is 33.3. The maximum absolute atomic E-state index is 12.4. The molecule has 1 saturated heterocycles. The van der Waals surface area contributed by atoms with E-state index in [0.29, 0.717) is 36.8 Å². The molecule has 1 saturated carbocycles. The van der Waals surface area contributed by atoms with E-state index in [-0.39, 0.29) is 35.9 Å². The molecule has 8 nitrogen and oxygen atoms in total. The van der Waals surface area contributed by atoms with Gasteiger partial charge in [0.15, 0.2) is 0 Å². The summed E-state index contributed by atoms with van der Waals surface area (Å²) in [6.07, 6.45) is 7.46. The molecule has 1 aliphatic heterocycles. The van der Waals surface area contributed by atoms with Gasteiger partial charge in [-0.15, -0.1) is 0 Å². The third-order valence-electron chi connectivity index (χ3n) is 5.60. The molecule has 2 amide bonds. The quantitative estimate of drug-likeness (QED) is 0.232. The molecule has 3 rings (SSSR count). The van der Waals surface area contributed by atoms with Crippen LogP contribution < -0.4 is 15.3 Å². The monoisotopic (exact) mass is 449 g/mol. The van der Waals surface area contributed by atoms with Gasteiger partial charge < -0.3 is 4.74 Å². The lowest BCUT2D eigenvalue weighted by Gasteiger charge is -2.26. The van der Waals surface area contributed by atoms with Gasteiger partial charge in [-0.1, -0.05) is 24.3 Å². The number of rotatable bonds is 11. The zero-order valence-corrected chi connectivity index (χ0v) is 18.6. The van der Waals surface area contributed by atoms with Gasteiger partial charge in [0.1, 0.15) is 5.75 Å². The van der Waals surface area contributed by atoms with Crippen molar-refractivity contribution in [2.24, 2.45) is 17.7 Å². The molecule has 1 aliphatic carbocycles. The van der Waals surface area contributed by atoms with Crippen LogP contribution in [0.3, 0.4) is 0 Å². The molecule has 170 valence electrons. The summed E-state index contributed by atoms with van der Waals surface area (Å²) in [5.74, 6) is 5.74. The molecule has 31 heavy (non-hydrogen) atoms. The van der Waals surface area contributed by atoms with E-state index in [1.165, 1.54) is 12.8 Å². The van der Waals surface area contributed by atoms with E-state index in [0.717, 1.165) is 11.3 Å². The van der Waals surface area contributed by atoms with Crippen molar-refractivity contribution in [2.45, 2.75) is 51.5 Å². The fourth-order valence-corrected chi connectivity index (χ4v) is 4.69. The molecule has 1 unspecified atom stereocenters. The summed E-state index contributed by atoms with van der Waals surface area (Å²) in [5.41, 5.74) is 0.851. The van der Waals surface area contributed by atoms with Gasteiger partial charge in [-0.3, -0.25) is 9.59 Å². The molecule has 1 aromatic carbocycles. The Balaban J connectivity index is 1.43. The van der Waals surface area contributed by atoms with Crippen molar-refractivity contribution >= 4 is 21.8 Å². The normalized spacial score (nSPS) is 21.0. The van der Waals surface area contributed by atoms with Crippen LogP contribution in [0.25, 0.3) is 0 Å². The highest BCUT2D eigenvalue weighted by Gasteiger charge is 2.31. The van der Waals surface area contributed by atoms with E-state index < -0.39 is 10.0 Å². The summed E-state index contributed by atoms with van der Waals surface area (Å²) in [6, 6.07) is 7.14. The predicted octanol–water partition coefficient (Wildman–Crippen LogP) is 2.43. The van der Waals surface area contributed by atoms with E-state index in [2.05, 4.69) is 4.72 Å². The van der Waals surface area contributed by atoms with Gasteiger partial charge >= 0.3 is 0 Å². The second kappa shape index (κ2) is 10.4. The Labute approximate surface area is 183 Å². The summed E-state index contributed by atoms with van der Waals surface area (Å²) in [5, 5.41) is 0.684.